The molecule has 0 aliphatic carbocycles. The molecular formula is C12H11ClFN3. The number of nitrogens with two attached hydrogens (primary N) is 1. The summed E-state index contributed by atoms with van der Waals surface area (Å²) in [4.78, 5) is 7.84. The molecule has 1 aromatic heterocycles. The molecule has 0 aliphatic rings. The van der Waals surface area contributed by atoms with Gasteiger partial charge in [-0.25, -0.2) is 14.4 Å². The summed E-state index contributed by atoms with van der Waals surface area (Å²) in [6.07, 6.45) is 3.33. The Labute approximate surface area is 103 Å². The van der Waals surface area contributed by atoms with E-state index in [0.717, 1.165) is 0 Å². The SMILES string of the molecule is NC(Cc1c(F)cccc1Cl)c1ccncn1. The number of hydrogen-bond acceptors (Lipinski definition) is 3. The monoisotopic (exact) mass is 251 g/mol. The lowest BCUT2D eigenvalue weighted by Gasteiger charge is -2.12. The Morgan fingerprint density at radius 2 is 2.18 bits per heavy atom. The van der Waals surface area contributed by atoms with Gasteiger partial charge in [0.1, 0.15) is 12.1 Å². The number of rotatable bonds is 3. The van der Waals surface area contributed by atoms with Crippen LogP contribution in [0, 0.1) is 5.82 Å². The Morgan fingerprint density at radius 3 is 2.82 bits per heavy atom. The van der Waals surface area contributed by atoms with Gasteiger partial charge in [0.15, 0.2) is 0 Å². The van der Waals surface area contributed by atoms with Crippen molar-refractivity contribution in [2.45, 2.75) is 12.5 Å². The normalized spacial score (nSPS) is 12.4. The van der Waals surface area contributed by atoms with Crippen LogP contribution >= 0.6 is 11.6 Å². The zero-order chi connectivity index (χ0) is 12.3. The van der Waals surface area contributed by atoms with E-state index in [1.807, 2.05) is 0 Å². The molecule has 17 heavy (non-hydrogen) atoms. The van der Waals surface area contributed by atoms with Crippen LogP contribution in [-0.2, 0) is 6.42 Å². The highest BCUT2D eigenvalue weighted by molar-refractivity contribution is 6.31. The number of aromatic nitrogens is 2. The lowest BCUT2D eigenvalue weighted by Crippen LogP contribution is -2.16. The van der Waals surface area contributed by atoms with Gasteiger partial charge in [-0.2, -0.15) is 0 Å². The minimum Gasteiger partial charge on any atom is -0.322 e. The molecule has 3 nitrogen and oxygen atoms in total. The second-order valence-electron chi connectivity index (χ2n) is 3.65. The van der Waals surface area contributed by atoms with Gasteiger partial charge < -0.3 is 5.73 Å². The van der Waals surface area contributed by atoms with Crippen LogP contribution in [-0.4, -0.2) is 9.97 Å². The van der Waals surface area contributed by atoms with E-state index in [1.54, 1.807) is 24.4 Å². The third kappa shape index (κ3) is 2.78. The highest BCUT2D eigenvalue weighted by Crippen LogP contribution is 2.23. The smallest absolute Gasteiger partial charge is 0.127 e. The van der Waals surface area contributed by atoms with Gasteiger partial charge in [-0.1, -0.05) is 17.7 Å². The molecule has 88 valence electrons. The molecule has 5 heteroatoms. The van der Waals surface area contributed by atoms with Crippen LogP contribution in [0.5, 0.6) is 0 Å². The summed E-state index contributed by atoms with van der Waals surface area (Å²) in [6.45, 7) is 0. The van der Waals surface area contributed by atoms with Gasteiger partial charge in [0.05, 0.1) is 11.7 Å². The van der Waals surface area contributed by atoms with Crippen molar-refractivity contribution in [1.29, 1.82) is 0 Å². The topological polar surface area (TPSA) is 51.8 Å². The van der Waals surface area contributed by atoms with E-state index in [-0.39, 0.29) is 5.82 Å². The maximum absolute atomic E-state index is 13.6. The Balaban J connectivity index is 2.22. The van der Waals surface area contributed by atoms with Crippen molar-refractivity contribution in [3.8, 4) is 0 Å². The third-order valence-electron chi connectivity index (χ3n) is 2.47. The van der Waals surface area contributed by atoms with E-state index < -0.39 is 6.04 Å². The van der Waals surface area contributed by atoms with Crippen molar-refractivity contribution in [2.24, 2.45) is 5.73 Å². The second kappa shape index (κ2) is 5.21. The van der Waals surface area contributed by atoms with Crippen molar-refractivity contribution in [1.82, 2.24) is 9.97 Å². The Hall–Kier alpha value is -1.52. The maximum Gasteiger partial charge on any atom is 0.127 e. The summed E-state index contributed by atoms with van der Waals surface area (Å²) in [6, 6.07) is 5.89. The maximum atomic E-state index is 13.6. The lowest BCUT2D eigenvalue weighted by molar-refractivity contribution is 0.589. The average Bonchev–Trinajstić information content (AvgIpc) is 2.35. The minimum atomic E-state index is -0.396. The Kier molecular flexibility index (Phi) is 3.66. The first-order valence-electron chi connectivity index (χ1n) is 5.13. The lowest BCUT2D eigenvalue weighted by atomic mass is 10.0. The fraction of sp³-hybridized carbons (Fsp3) is 0.167. The summed E-state index contributed by atoms with van der Waals surface area (Å²) >= 11 is 5.93. The summed E-state index contributed by atoms with van der Waals surface area (Å²) < 4.78 is 13.6. The van der Waals surface area contributed by atoms with Gasteiger partial charge in [-0.3, -0.25) is 0 Å². The highest BCUT2D eigenvalue weighted by atomic mass is 35.5. The Bertz CT molecular complexity index is 484. The summed E-state index contributed by atoms with van der Waals surface area (Å²) in [5, 5.41) is 0.384. The first-order chi connectivity index (χ1) is 8.18. The standard InChI is InChI=1S/C12H11ClFN3/c13-9-2-1-3-10(14)8(9)6-11(15)12-4-5-16-7-17-12/h1-5,7,11H,6,15H2. The summed E-state index contributed by atoms with van der Waals surface area (Å²) in [7, 11) is 0. The first-order valence-corrected chi connectivity index (χ1v) is 5.50. The number of hydrogen-bond donors (Lipinski definition) is 1. The zero-order valence-electron chi connectivity index (χ0n) is 8.98. The first kappa shape index (κ1) is 12.0. The van der Waals surface area contributed by atoms with Crippen LogP contribution in [0.3, 0.4) is 0 Å². The quantitative estimate of drug-likeness (QED) is 0.912. The van der Waals surface area contributed by atoms with Crippen LogP contribution < -0.4 is 5.73 Å². The molecule has 0 radical (unpaired) electrons. The van der Waals surface area contributed by atoms with Crippen molar-refractivity contribution in [3.05, 3.63) is 58.9 Å². The van der Waals surface area contributed by atoms with Crippen molar-refractivity contribution in [3.63, 3.8) is 0 Å². The van der Waals surface area contributed by atoms with Gasteiger partial charge in [-0.15, -0.1) is 0 Å². The summed E-state index contributed by atoms with van der Waals surface area (Å²) in [5.41, 5.74) is 7.03. The van der Waals surface area contributed by atoms with Crippen LogP contribution in [0.2, 0.25) is 5.02 Å². The predicted octanol–water partition coefficient (Wildman–Crippen LogP) is 2.51. The molecule has 0 saturated heterocycles. The van der Waals surface area contributed by atoms with Crippen molar-refractivity contribution >= 4 is 11.6 Å². The van der Waals surface area contributed by atoms with Gasteiger partial charge in [-0.05, 0) is 24.6 Å². The molecule has 0 aliphatic heterocycles. The van der Waals surface area contributed by atoms with Crippen LogP contribution in [0.4, 0.5) is 4.39 Å². The molecule has 0 spiro atoms. The predicted molar refractivity (Wildman–Crippen MR) is 64.1 cm³/mol. The van der Waals surface area contributed by atoms with Gasteiger partial charge in [0.2, 0.25) is 0 Å². The summed E-state index contributed by atoms with van der Waals surface area (Å²) in [5.74, 6) is -0.345. The van der Waals surface area contributed by atoms with E-state index in [2.05, 4.69) is 9.97 Å². The number of halogens is 2. The molecule has 1 heterocycles. The van der Waals surface area contributed by atoms with Crippen LogP contribution in [0.15, 0.2) is 36.8 Å². The molecule has 1 unspecified atom stereocenters. The number of benzene rings is 1. The average molecular weight is 252 g/mol. The van der Waals surface area contributed by atoms with Gasteiger partial charge in [0.25, 0.3) is 0 Å². The molecule has 0 fully saturated rings. The fourth-order valence-electron chi connectivity index (χ4n) is 1.57. The van der Waals surface area contributed by atoms with Gasteiger partial charge in [0, 0.05) is 16.8 Å². The molecule has 1 atom stereocenters. The number of nitrogens with zero attached hydrogens (tertiary/aromatic N) is 2. The fourth-order valence-corrected chi connectivity index (χ4v) is 1.81. The second-order valence-corrected chi connectivity index (χ2v) is 4.05. The molecule has 2 N–H and O–H groups in total. The van der Waals surface area contributed by atoms with E-state index in [0.29, 0.717) is 22.7 Å². The molecule has 0 amide bonds. The molecule has 0 bridgehead atoms. The van der Waals surface area contributed by atoms with Crippen molar-refractivity contribution in [2.75, 3.05) is 0 Å². The molecular weight excluding hydrogens is 241 g/mol. The molecule has 1 aromatic carbocycles. The largest absolute Gasteiger partial charge is 0.322 e. The molecule has 2 rings (SSSR count). The van der Waals surface area contributed by atoms with E-state index in [9.17, 15) is 4.39 Å². The molecule has 2 aromatic rings. The van der Waals surface area contributed by atoms with Crippen LogP contribution in [0.1, 0.15) is 17.3 Å². The van der Waals surface area contributed by atoms with Crippen LogP contribution in [0.25, 0.3) is 0 Å². The van der Waals surface area contributed by atoms with E-state index in [4.69, 9.17) is 17.3 Å². The zero-order valence-corrected chi connectivity index (χ0v) is 9.73. The highest BCUT2D eigenvalue weighted by Gasteiger charge is 2.13. The van der Waals surface area contributed by atoms with Crippen molar-refractivity contribution < 1.29 is 4.39 Å². The third-order valence-corrected chi connectivity index (χ3v) is 2.82. The Morgan fingerprint density at radius 1 is 1.35 bits per heavy atom. The van der Waals surface area contributed by atoms with E-state index >= 15 is 0 Å². The van der Waals surface area contributed by atoms with E-state index in [1.165, 1.54) is 12.4 Å². The van der Waals surface area contributed by atoms with Gasteiger partial charge >= 0.3 is 0 Å². The minimum absolute atomic E-state index is 0.308. The molecule has 0 saturated carbocycles.